The third kappa shape index (κ3) is 7.13. The molecule has 2 amide bonds. The number of benzene rings is 3. The second kappa shape index (κ2) is 13.4. The van der Waals surface area contributed by atoms with Crippen LogP contribution in [0.5, 0.6) is 5.75 Å². The number of rotatable bonds is 11. The van der Waals surface area contributed by atoms with Crippen LogP contribution in [0.1, 0.15) is 54.9 Å². The van der Waals surface area contributed by atoms with Gasteiger partial charge in [0.2, 0.25) is 11.8 Å². The molecule has 0 bridgehead atoms. The van der Waals surface area contributed by atoms with E-state index < -0.39 is 28.5 Å². The molecule has 1 N–H and O–H groups in total. The van der Waals surface area contributed by atoms with Gasteiger partial charge in [0.1, 0.15) is 18.3 Å². The molecule has 3 aromatic carbocycles. The molecular formula is C33H41N3O5S. The summed E-state index contributed by atoms with van der Waals surface area (Å²) in [5.74, 6) is -0.108. The molecule has 1 fully saturated rings. The molecule has 0 saturated heterocycles. The molecule has 0 heterocycles. The fourth-order valence-electron chi connectivity index (χ4n) is 5.30. The number of anilines is 1. The molecular weight excluding hydrogens is 550 g/mol. The minimum atomic E-state index is -4.12. The molecule has 224 valence electrons. The largest absolute Gasteiger partial charge is 0.497 e. The van der Waals surface area contributed by atoms with Gasteiger partial charge in [-0.15, -0.1) is 0 Å². The minimum absolute atomic E-state index is 0.0853. The lowest BCUT2D eigenvalue weighted by atomic mass is 10.1. The highest BCUT2D eigenvalue weighted by Gasteiger charge is 2.34. The summed E-state index contributed by atoms with van der Waals surface area (Å²) in [5.41, 5.74) is 3.78. The van der Waals surface area contributed by atoms with E-state index in [1.807, 2.05) is 51.1 Å². The van der Waals surface area contributed by atoms with E-state index in [9.17, 15) is 18.0 Å². The van der Waals surface area contributed by atoms with E-state index in [2.05, 4.69) is 5.32 Å². The second-order valence-electron chi connectivity index (χ2n) is 11.1. The third-order valence-electron chi connectivity index (χ3n) is 8.09. The van der Waals surface area contributed by atoms with Crippen LogP contribution in [-0.2, 0) is 26.2 Å². The van der Waals surface area contributed by atoms with Gasteiger partial charge in [-0.05, 0) is 87.6 Å². The average Bonchev–Trinajstić information content (AvgIpc) is 3.49. The van der Waals surface area contributed by atoms with Crippen molar-refractivity contribution in [3.05, 3.63) is 89.0 Å². The van der Waals surface area contributed by atoms with Crippen molar-refractivity contribution in [2.24, 2.45) is 0 Å². The van der Waals surface area contributed by atoms with E-state index in [-0.39, 0.29) is 23.4 Å². The lowest BCUT2D eigenvalue weighted by molar-refractivity contribution is -0.139. The highest BCUT2D eigenvalue weighted by molar-refractivity contribution is 7.92. The summed E-state index contributed by atoms with van der Waals surface area (Å²) in [6.07, 6.45) is 3.95. The van der Waals surface area contributed by atoms with E-state index in [0.717, 1.165) is 47.9 Å². The predicted molar refractivity (Wildman–Crippen MR) is 165 cm³/mol. The predicted octanol–water partition coefficient (Wildman–Crippen LogP) is 5.29. The molecule has 9 heteroatoms. The molecule has 1 aliphatic rings. The average molecular weight is 592 g/mol. The van der Waals surface area contributed by atoms with E-state index in [1.54, 1.807) is 50.4 Å². The molecule has 0 spiro atoms. The van der Waals surface area contributed by atoms with Crippen molar-refractivity contribution in [3.8, 4) is 5.75 Å². The van der Waals surface area contributed by atoms with Gasteiger partial charge >= 0.3 is 0 Å². The smallest absolute Gasteiger partial charge is 0.264 e. The fraction of sp³-hybridized carbons (Fsp3) is 0.394. The van der Waals surface area contributed by atoms with Gasteiger partial charge in [-0.2, -0.15) is 0 Å². The van der Waals surface area contributed by atoms with Crippen molar-refractivity contribution in [1.29, 1.82) is 0 Å². The zero-order valence-corrected chi connectivity index (χ0v) is 25.9. The number of methoxy groups -OCH3 is 1. The number of nitrogens with one attached hydrogen (secondary N) is 1. The van der Waals surface area contributed by atoms with Crippen LogP contribution < -0.4 is 14.4 Å². The second-order valence-corrected chi connectivity index (χ2v) is 12.9. The first-order valence-electron chi connectivity index (χ1n) is 14.4. The van der Waals surface area contributed by atoms with Gasteiger partial charge in [-0.25, -0.2) is 8.42 Å². The van der Waals surface area contributed by atoms with Crippen molar-refractivity contribution >= 4 is 27.5 Å². The van der Waals surface area contributed by atoms with Crippen LogP contribution in [0.25, 0.3) is 0 Å². The summed E-state index contributed by atoms with van der Waals surface area (Å²) in [4.78, 5) is 29.2. The number of hydrogen-bond donors (Lipinski definition) is 1. The van der Waals surface area contributed by atoms with Crippen molar-refractivity contribution < 1.29 is 22.7 Å². The molecule has 0 unspecified atom stereocenters. The summed E-state index contributed by atoms with van der Waals surface area (Å²) in [6, 6.07) is 18.5. The van der Waals surface area contributed by atoms with Crippen LogP contribution in [0.3, 0.4) is 0 Å². The Morgan fingerprint density at radius 3 is 2.31 bits per heavy atom. The molecule has 42 heavy (non-hydrogen) atoms. The summed E-state index contributed by atoms with van der Waals surface area (Å²) < 4.78 is 34.7. The van der Waals surface area contributed by atoms with Crippen LogP contribution in [0, 0.1) is 20.8 Å². The summed E-state index contributed by atoms with van der Waals surface area (Å²) in [5, 5.41) is 3.10. The van der Waals surface area contributed by atoms with Crippen molar-refractivity contribution in [2.45, 2.75) is 76.9 Å². The van der Waals surface area contributed by atoms with E-state index >= 15 is 0 Å². The maximum atomic E-state index is 14.2. The molecule has 8 nitrogen and oxygen atoms in total. The highest BCUT2D eigenvalue weighted by atomic mass is 32.2. The first-order chi connectivity index (χ1) is 20.0. The van der Waals surface area contributed by atoms with Gasteiger partial charge in [-0.3, -0.25) is 13.9 Å². The monoisotopic (exact) mass is 591 g/mol. The van der Waals surface area contributed by atoms with E-state index in [1.165, 1.54) is 9.21 Å². The Morgan fingerprint density at radius 2 is 1.64 bits per heavy atom. The van der Waals surface area contributed by atoms with E-state index in [4.69, 9.17) is 4.74 Å². The number of hydrogen-bond acceptors (Lipinski definition) is 5. The lowest BCUT2D eigenvalue weighted by Crippen LogP contribution is -2.52. The van der Waals surface area contributed by atoms with E-state index in [0.29, 0.717) is 11.4 Å². The molecule has 4 rings (SSSR count). The van der Waals surface area contributed by atoms with Crippen LogP contribution >= 0.6 is 0 Å². The normalized spacial score (nSPS) is 14.3. The Balaban J connectivity index is 1.72. The van der Waals surface area contributed by atoms with Crippen molar-refractivity contribution in [2.75, 3.05) is 18.0 Å². The Kier molecular flexibility index (Phi) is 9.93. The third-order valence-corrected chi connectivity index (χ3v) is 9.86. The number of aryl methyl sites for hydroxylation is 2. The topological polar surface area (TPSA) is 96.0 Å². The lowest BCUT2D eigenvalue weighted by Gasteiger charge is -2.33. The molecule has 0 aromatic heterocycles. The Bertz CT molecular complexity index is 1510. The van der Waals surface area contributed by atoms with Crippen LogP contribution in [0.2, 0.25) is 0 Å². The molecule has 0 aliphatic heterocycles. The number of sulfonamides is 1. The van der Waals surface area contributed by atoms with Crippen LogP contribution in [0.4, 0.5) is 5.69 Å². The number of carbonyl (C=O) groups excluding carboxylic acids is 2. The molecule has 1 saturated carbocycles. The zero-order valence-electron chi connectivity index (χ0n) is 25.1. The molecule has 0 radical (unpaired) electrons. The van der Waals surface area contributed by atoms with Gasteiger partial charge in [0, 0.05) is 12.6 Å². The Hall–Kier alpha value is -3.85. The van der Waals surface area contributed by atoms with Gasteiger partial charge < -0.3 is 15.0 Å². The summed E-state index contributed by atoms with van der Waals surface area (Å²) in [6.45, 7) is 6.97. The summed E-state index contributed by atoms with van der Waals surface area (Å²) >= 11 is 0. The van der Waals surface area contributed by atoms with Gasteiger partial charge in [0.05, 0.1) is 17.7 Å². The Morgan fingerprint density at radius 1 is 0.976 bits per heavy atom. The molecule has 1 atom stereocenters. The van der Waals surface area contributed by atoms with Gasteiger partial charge in [0.25, 0.3) is 10.0 Å². The number of nitrogens with zero attached hydrogens (tertiary/aromatic N) is 2. The minimum Gasteiger partial charge on any atom is -0.497 e. The van der Waals surface area contributed by atoms with Gasteiger partial charge in [-0.1, -0.05) is 54.8 Å². The number of ether oxygens (including phenoxy) is 1. The zero-order chi connectivity index (χ0) is 30.4. The SMILES string of the molecule is COc1cccc(CN(C(=O)CN(c2cccc(C)c2C)S(=O)(=O)c2ccc(C)cc2)[C@@H](C)C(=O)NC2CCCC2)c1. The first kappa shape index (κ1) is 31.1. The quantitative estimate of drug-likeness (QED) is 0.327. The summed E-state index contributed by atoms with van der Waals surface area (Å²) in [7, 11) is -2.55. The standard InChI is InChI=1S/C33H41N3O5S/c1-23-16-18-30(19-17-23)42(39,40)36(31-15-8-10-24(2)25(31)3)22-32(37)35(21-27-11-9-14-29(20-27)41-5)26(4)33(38)34-28-12-6-7-13-28/h8-11,14-20,26,28H,6-7,12-13,21-22H2,1-5H3,(H,34,38)/t26-/m0/s1. The van der Waals surface area contributed by atoms with Crippen LogP contribution in [-0.4, -0.2) is 50.9 Å². The number of carbonyl (C=O) groups is 2. The molecule has 1 aliphatic carbocycles. The van der Waals surface area contributed by atoms with Crippen LogP contribution in [0.15, 0.2) is 71.6 Å². The maximum absolute atomic E-state index is 14.2. The Labute approximate surface area is 249 Å². The first-order valence-corrected chi connectivity index (χ1v) is 15.8. The van der Waals surface area contributed by atoms with Crippen molar-refractivity contribution in [3.63, 3.8) is 0 Å². The highest BCUT2D eigenvalue weighted by Crippen LogP contribution is 2.29. The maximum Gasteiger partial charge on any atom is 0.264 e. The van der Waals surface area contributed by atoms with Crippen molar-refractivity contribution in [1.82, 2.24) is 10.2 Å². The number of amides is 2. The molecule has 3 aromatic rings. The fourth-order valence-corrected chi connectivity index (χ4v) is 6.77. The van der Waals surface area contributed by atoms with Gasteiger partial charge in [0.15, 0.2) is 0 Å².